The molecule has 0 amide bonds. The molecule has 1 N–H and O–H groups in total. The van der Waals surface area contributed by atoms with Crippen LogP contribution in [0.2, 0.25) is 0 Å². The van der Waals surface area contributed by atoms with Gasteiger partial charge < -0.3 is 10.1 Å². The Bertz CT molecular complexity index is 815. The maximum Gasteiger partial charge on any atom is 0.120 e. The Morgan fingerprint density at radius 1 is 1.46 bits per heavy atom. The normalized spacial score (nSPS) is 17.0. The van der Waals surface area contributed by atoms with Crippen LogP contribution in [0.25, 0.3) is 11.3 Å². The second kappa shape index (κ2) is 6.76. The van der Waals surface area contributed by atoms with E-state index in [0.29, 0.717) is 13.2 Å². The number of nitrogens with one attached hydrogen (secondary N) is 1. The summed E-state index contributed by atoms with van der Waals surface area (Å²) in [6, 6.07) is 3.89. The lowest BCUT2D eigenvalue weighted by atomic mass is 10.1. The predicted octanol–water partition coefficient (Wildman–Crippen LogP) is 1.79. The van der Waals surface area contributed by atoms with Gasteiger partial charge in [0.1, 0.15) is 5.69 Å². The first kappa shape index (κ1) is 15.4. The Morgan fingerprint density at radius 2 is 2.42 bits per heavy atom. The molecule has 0 fully saturated rings. The van der Waals surface area contributed by atoms with Gasteiger partial charge in [0.05, 0.1) is 35.7 Å². The maximum absolute atomic E-state index is 5.97. The van der Waals surface area contributed by atoms with E-state index in [-0.39, 0.29) is 6.10 Å². The topological polar surface area (TPSA) is 77.8 Å². The SMILES string of the molecule is Cc1nc(CNCC2Cn3nnc(-c4cccnc4)c3CO2)cs1. The Labute approximate surface area is 143 Å². The number of nitrogens with zero attached hydrogens (tertiary/aromatic N) is 5. The second-order valence-electron chi connectivity index (χ2n) is 5.73. The molecule has 1 aliphatic rings. The van der Waals surface area contributed by atoms with Crippen molar-refractivity contribution in [3.63, 3.8) is 0 Å². The summed E-state index contributed by atoms with van der Waals surface area (Å²) in [7, 11) is 0. The van der Waals surface area contributed by atoms with Crippen molar-refractivity contribution in [1.29, 1.82) is 0 Å². The predicted molar refractivity (Wildman–Crippen MR) is 90.4 cm³/mol. The lowest BCUT2D eigenvalue weighted by molar-refractivity contribution is 0.00122. The highest BCUT2D eigenvalue weighted by atomic mass is 32.1. The van der Waals surface area contributed by atoms with Crippen molar-refractivity contribution in [3.8, 4) is 11.3 Å². The van der Waals surface area contributed by atoms with Crippen molar-refractivity contribution in [1.82, 2.24) is 30.3 Å². The minimum atomic E-state index is 0.0840. The second-order valence-corrected chi connectivity index (χ2v) is 6.79. The van der Waals surface area contributed by atoms with E-state index in [9.17, 15) is 0 Å². The first-order valence-corrected chi connectivity index (χ1v) is 8.73. The molecule has 0 aromatic carbocycles. The molecule has 0 saturated carbocycles. The summed E-state index contributed by atoms with van der Waals surface area (Å²) in [5, 5.41) is 15.1. The number of ether oxygens (including phenoxy) is 1. The molecule has 1 unspecified atom stereocenters. The van der Waals surface area contributed by atoms with Crippen LogP contribution in [0, 0.1) is 6.92 Å². The average Bonchev–Trinajstić information content (AvgIpc) is 3.21. The molecule has 7 nitrogen and oxygen atoms in total. The molecule has 0 radical (unpaired) electrons. The third-order valence-corrected chi connectivity index (χ3v) is 4.77. The van der Waals surface area contributed by atoms with Gasteiger partial charge in [-0.15, -0.1) is 16.4 Å². The van der Waals surface area contributed by atoms with Gasteiger partial charge in [0, 0.05) is 36.4 Å². The van der Waals surface area contributed by atoms with E-state index in [2.05, 4.69) is 31.0 Å². The Kier molecular flexibility index (Phi) is 4.33. The fraction of sp³-hybridized carbons (Fsp3) is 0.375. The van der Waals surface area contributed by atoms with Crippen molar-refractivity contribution < 1.29 is 4.74 Å². The molecule has 3 aromatic heterocycles. The molecule has 4 heterocycles. The average molecular weight is 342 g/mol. The summed E-state index contributed by atoms with van der Waals surface area (Å²) < 4.78 is 7.90. The van der Waals surface area contributed by atoms with Gasteiger partial charge in [-0.25, -0.2) is 9.67 Å². The number of fused-ring (bicyclic) bond motifs is 1. The van der Waals surface area contributed by atoms with Crippen LogP contribution in [0.15, 0.2) is 29.9 Å². The third kappa shape index (κ3) is 3.21. The molecule has 0 aliphatic carbocycles. The summed E-state index contributed by atoms with van der Waals surface area (Å²) in [6.45, 7) is 4.75. The van der Waals surface area contributed by atoms with E-state index >= 15 is 0 Å². The minimum absolute atomic E-state index is 0.0840. The van der Waals surface area contributed by atoms with Crippen molar-refractivity contribution in [2.24, 2.45) is 0 Å². The zero-order chi connectivity index (χ0) is 16.4. The van der Waals surface area contributed by atoms with E-state index in [1.165, 1.54) is 0 Å². The highest BCUT2D eigenvalue weighted by Crippen LogP contribution is 2.24. The summed E-state index contributed by atoms with van der Waals surface area (Å²) in [6.07, 6.45) is 3.64. The van der Waals surface area contributed by atoms with E-state index in [4.69, 9.17) is 4.74 Å². The number of aryl methyl sites for hydroxylation is 1. The van der Waals surface area contributed by atoms with Gasteiger partial charge in [-0.1, -0.05) is 5.21 Å². The summed E-state index contributed by atoms with van der Waals surface area (Å²) in [5.41, 5.74) is 3.91. The molecule has 0 saturated heterocycles. The van der Waals surface area contributed by atoms with Crippen LogP contribution in [-0.4, -0.2) is 37.6 Å². The standard InChI is InChI=1S/C16H18N6OS/c1-11-19-13(10-24-11)6-18-7-14-8-22-15(9-23-14)16(20-21-22)12-3-2-4-17-5-12/h2-5,10,14,18H,6-9H2,1H3. The summed E-state index contributed by atoms with van der Waals surface area (Å²) in [4.78, 5) is 8.59. The van der Waals surface area contributed by atoms with Crippen molar-refractivity contribution in [2.45, 2.75) is 32.7 Å². The lowest BCUT2D eigenvalue weighted by Crippen LogP contribution is -2.36. The van der Waals surface area contributed by atoms with Crippen LogP contribution < -0.4 is 5.32 Å². The first-order valence-electron chi connectivity index (χ1n) is 7.85. The van der Waals surface area contributed by atoms with Gasteiger partial charge in [0.25, 0.3) is 0 Å². The van der Waals surface area contributed by atoms with E-state index in [1.54, 1.807) is 23.7 Å². The summed E-state index contributed by atoms with van der Waals surface area (Å²) in [5.74, 6) is 0. The van der Waals surface area contributed by atoms with Crippen molar-refractivity contribution >= 4 is 11.3 Å². The van der Waals surface area contributed by atoms with Crippen LogP contribution in [0.4, 0.5) is 0 Å². The zero-order valence-electron chi connectivity index (χ0n) is 13.3. The molecule has 1 atom stereocenters. The fourth-order valence-corrected chi connectivity index (χ4v) is 3.38. The number of aromatic nitrogens is 5. The van der Waals surface area contributed by atoms with E-state index in [1.807, 2.05) is 23.7 Å². The number of thiazole rings is 1. The zero-order valence-corrected chi connectivity index (χ0v) is 14.2. The van der Waals surface area contributed by atoms with Crippen molar-refractivity contribution in [2.75, 3.05) is 6.54 Å². The molecular weight excluding hydrogens is 324 g/mol. The van der Waals surface area contributed by atoms with E-state index in [0.717, 1.165) is 40.7 Å². The molecular formula is C16H18N6OS. The molecule has 0 spiro atoms. The van der Waals surface area contributed by atoms with Gasteiger partial charge in [-0.2, -0.15) is 0 Å². The van der Waals surface area contributed by atoms with Gasteiger partial charge >= 0.3 is 0 Å². The summed E-state index contributed by atoms with van der Waals surface area (Å²) >= 11 is 1.67. The molecule has 3 aromatic rings. The van der Waals surface area contributed by atoms with Crippen LogP contribution >= 0.6 is 11.3 Å². The Hall–Kier alpha value is -2.16. The smallest absolute Gasteiger partial charge is 0.120 e. The quantitative estimate of drug-likeness (QED) is 0.762. The monoisotopic (exact) mass is 342 g/mol. The van der Waals surface area contributed by atoms with Crippen LogP contribution in [0.1, 0.15) is 16.4 Å². The highest BCUT2D eigenvalue weighted by Gasteiger charge is 2.24. The van der Waals surface area contributed by atoms with Crippen LogP contribution in [-0.2, 0) is 24.4 Å². The van der Waals surface area contributed by atoms with Gasteiger partial charge in [-0.3, -0.25) is 4.98 Å². The minimum Gasteiger partial charge on any atom is -0.369 e. The lowest BCUT2D eigenvalue weighted by Gasteiger charge is -2.24. The van der Waals surface area contributed by atoms with Gasteiger partial charge in [0.15, 0.2) is 0 Å². The molecule has 1 aliphatic heterocycles. The van der Waals surface area contributed by atoms with Gasteiger partial charge in [-0.05, 0) is 19.1 Å². The third-order valence-electron chi connectivity index (χ3n) is 3.95. The molecule has 4 rings (SSSR count). The number of rotatable bonds is 5. The van der Waals surface area contributed by atoms with Crippen LogP contribution in [0.3, 0.4) is 0 Å². The Balaban J connectivity index is 1.37. The molecule has 24 heavy (non-hydrogen) atoms. The Morgan fingerprint density at radius 3 is 3.21 bits per heavy atom. The fourth-order valence-electron chi connectivity index (χ4n) is 2.77. The number of hydrogen-bond donors (Lipinski definition) is 1. The van der Waals surface area contributed by atoms with Crippen molar-refractivity contribution in [3.05, 3.63) is 46.3 Å². The number of pyridine rings is 1. The van der Waals surface area contributed by atoms with Gasteiger partial charge in [0.2, 0.25) is 0 Å². The largest absolute Gasteiger partial charge is 0.369 e. The number of hydrogen-bond acceptors (Lipinski definition) is 7. The van der Waals surface area contributed by atoms with E-state index < -0.39 is 0 Å². The maximum atomic E-state index is 5.97. The molecule has 8 heteroatoms. The first-order chi connectivity index (χ1) is 11.8. The molecule has 124 valence electrons. The van der Waals surface area contributed by atoms with Crippen LogP contribution in [0.5, 0.6) is 0 Å². The highest BCUT2D eigenvalue weighted by molar-refractivity contribution is 7.09. The molecule has 0 bridgehead atoms.